The summed E-state index contributed by atoms with van der Waals surface area (Å²) in [5.74, 6) is 0.956. The summed E-state index contributed by atoms with van der Waals surface area (Å²) in [6.07, 6.45) is 1.93. The van der Waals surface area contributed by atoms with Crippen molar-refractivity contribution in [2.24, 2.45) is 0 Å². The molecule has 1 N–H and O–H groups in total. The number of aromatic amines is 1. The lowest BCUT2D eigenvalue weighted by atomic mass is 10.0. The Hall–Kier alpha value is -3.03. The lowest BCUT2D eigenvalue weighted by molar-refractivity contribution is -0.191. The third-order valence-corrected chi connectivity index (χ3v) is 4.12. The van der Waals surface area contributed by atoms with Crippen molar-refractivity contribution >= 4 is 17.9 Å². The number of alkyl halides is 2. The number of benzene rings is 2. The van der Waals surface area contributed by atoms with Crippen molar-refractivity contribution in [2.45, 2.75) is 17.4 Å². The minimum absolute atomic E-state index is 0.157. The molecule has 0 amide bonds. The average Bonchev–Trinajstić information content (AvgIpc) is 3.15. The molecule has 2 aromatic carbocycles. The maximum atomic E-state index is 12.1. The molecule has 134 valence electrons. The predicted molar refractivity (Wildman–Crippen MR) is 89.5 cm³/mol. The second-order valence-corrected chi connectivity index (χ2v) is 5.78. The Bertz CT molecular complexity index is 819. The Kier molecular flexibility index (Phi) is 7.48. The topological polar surface area (TPSA) is 84.9 Å². The SMILES string of the molecule is FC(F)Oc1ccc(-c2ccc(CSc3cn[nH]n3)cc2)cc1.O=C=O. The molecule has 0 fully saturated rings. The molecule has 0 aliphatic carbocycles. The van der Waals surface area contributed by atoms with Crippen LogP contribution < -0.4 is 4.74 Å². The molecule has 0 spiro atoms. The van der Waals surface area contributed by atoms with Crippen molar-refractivity contribution in [1.29, 1.82) is 0 Å². The Balaban J connectivity index is 0.000000758. The van der Waals surface area contributed by atoms with E-state index in [2.05, 4.69) is 20.1 Å². The highest BCUT2D eigenvalue weighted by atomic mass is 32.2. The molecule has 1 aromatic heterocycles. The molecule has 0 atom stereocenters. The van der Waals surface area contributed by atoms with Gasteiger partial charge in [0.15, 0.2) is 0 Å². The zero-order valence-corrected chi connectivity index (χ0v) is 14.1. The molecule has 3 aromatic rings. The number of nitrogens with one attached hydrogen (secondary N) is 1. The van der Waals surface area contributed by atoms with Gasteiger partial charge in [-0.3, -0.25) is 0 Å². The number of nitrogens with zero attached hydrogens (tertiary/aromatic N) is 2. The highest BCUT2D eigenvalue weighted by molar-refractivity contribution is 7.98. The van der Waals surface area contributed by atoms with E-state index in [4.69, 9.17) is 9.59 Å². The van der Waals surface area contributed by atoms with Gasteiger partial charge < -0.3 is 4.74 Å². The second kappa shape index (κ2) is 10.1. The maximum Gasteiger partial charge on any atom is 0.387 e. The number of H-pyrrole nitrogens is 1. The predicted octanol–water partition coefficient (Wildman–Crippen LogP) is 3.78. The van der Waals surface area contributed by atoms with Crippen molar-refractivity contribution in [3.63, 3.8) is 0 Å². The quantitative estimate of drug-likeness (QED) is 0.658. The molecule has 0 aliphatic heterocycles. The molecule has 0 aliphatic rings. The monoisotopic (exact) mass is 377 g/mol. The zero-order chi connectivity index (χ0) is 18.8. The van der Waals surface area contributed by atoms with Crippen LogP contribution in [0.4, 0.5) is 8.78 Å². The van der Waals surface area contributed by atoms with Crippen LogP contribution in [-0.2, 0) is 15.3 Å². The fourth-order valence-electron chi connectivity index (χ4n) is 2.04. The van der Waals surface area contributed by atoms with Crippen LogP contribution in [0.3, 0.4) is 0 Å². The van der Waals surface area contributed by atoms with Crippen LogP contribution in [0.15, 0.2) is 59.8 Å². The van der Waals surface area contributed by atoms with Crippen LogP contribution in [0.2, 0.25) is 0 Å². The van der Waals surface area contributed by atoms with Crippen molar-refractivity contribution in [1.82, 2.24) is 15.4 Å². The summed E-state index contributed by atoms with van der Waals surface area (Å²) in [6.45, 7) is -2.80. The van der Waals surface area contributed by atoms with E-state index in [0.717, 1.165) is 21.9 Å². The highest BCUT2D eigenvalue weighted by Crippen LogP contribution is 2.25. The number of ether oxygens (including phenoxy) is 1. The largest absolute Gasteiger partial charge is 0.435 e. The molecule has 6 nitrogen and oxygen atoms in total. The zero-order valence-electron chi connectivity index (χ0n) is 13.3. The summed E-state index contributed by atoms with van der Waals surface area (Å²) in [5.41, 5.74) is 3.13. The van der Waals surface area contributed by atoms with Crippen LogP contribution in [0.1, 0.15) is 5.56 Å². The van der Waals surface area contributed by atoms with Crippen molar-refractivity contribution in [2.75, 3.05) is 0 Å². The summed E-state index contributed by atoms with van der Waals surface area (Å²) in [4.78, 5) is 16.2. The molecule has 1 heterocycles. The van der Waals surface area contributed by atoms with Gasteiger partial charge in [-0.15, -0.1) is 5.10 Å². The number of halogens is 2. The number of hydrogen-bond donors (Lipinski definition) is 1. The number of thioether (sulfide) groups is 1. The summed E-state index contributed by atoms with van der Waals surface area (Å²) >= 11 is 1.60. The highest BCUT2D eigenvalue weighted by Gasteiger charge is 2.05. The van der Waals surface area contributed by atoms with Crippen molar-refractivity contribution < 1.29 is 23.1 Å². The summed E-state index contributed by atoms with van der Waals surface area (Å²) in [5, 5.41) is 11.2. The molecule has 0 radical (unpaired) electrons. The smallest absolute Gasteiger partial charge is 0.387 e. The fourth-order valence-corrected chi connectivity index (χ4v) is 2.78. The maximum absolute atomic E-state index is 12.1. The fraction of sp³-hybridized carbons (Fsp3) is 0.118. The van der Waals surface area contributed by atoms with Gasteiger partial charge in [0.05, 0.1) is 6.20 Å². The van der Waals surface area contributed by atoms with Gasteiger partial charge in [0.1, 0.15) is 10.8 Å². The van der Waals surface area contributed by atoms with E-state index in [1.165, 1.54) is 17.7 Å². The molecule has 0 saturated carbocycles. The second-order valence-electron chi connectivity index (χ2n) is 4.78. The molecular weight excluding hydrogens is 364 g/mol. The van der Waals surface area contributed by atoms with Crippen LogP contribution in [-0.4, -0.2) is 28.2 Å². The van der Waals surface area contributed by atoms with E-state index >= 15 is 0 Å². The Morgan fingerprint density at radius 1 is 1.04 bits per heavy atom. The van der Waals surface area contributed by atoms with E-state index in [1.807, 2.05) is 24.3 Å². The molecule has 9 heteroatoms. The lowest BCUT2D eigenvalue weighted by Crippen LogP contribution is -2.01. The van der Waals surface area contributed by atoms with Crippen LogP contribution >= 0.6 is 11.8 Å². The number of carbonyl (C=O) groups excluding carboxylic acids is 2. The van der Waals surface area contributed by atoms with Crippen molar-refractivity contribution in [3.05, 3.63) is 60.3 Å². The first-order valence-corrected chi connectivity index (χ1v) is 8.23. The van der Waals surface area contributed by atoms with Crippen LogP contribution in [0.5, 0.6) is 5.75 Å². The third kappa shape index (κ3) is 6.12. The lowest BCUT2D eigenvalue weighted by Gasteiger charge is -2.07. The number of aromatic nitrogens is 3. The average molecular weight is 377 g/mol. The van der Waals surface area contributed by atoms with Gasteiger partial charge in [0.2, 0.25) is 0 Å². The van der Waals surface area contributed by atoms with Gasteiger partial charge >= 0.3 is 12.8 Å². The van der Waals surface area contributed by atoms with Crippen LogP contribution in [0.25, 0.3) is 11.1 Å². The normalized spacial score (nSPS) is 9.96. The summed E-state index contributed by atoms with van der Waals surface area (Å²) in [7, 11) is 0. The van der Waals surface area contributed by atoms with E-state index in [-0.39, 0.29) is 11.9 Å². The van der Waals surface area contributed by atoms with E-state index in [0.29, 0.717) is 0 Å². The summed E-state index contributed by atoms with van der Waals surface area (Å²) in [6, 6.07) is 14.7. The minimum atomic E-state index is -2.80. The molecule has 3 rings (SSSR count). The van der Waals surface area contributed by atoms with E-state index in [9.17, 15) is 8.78 Å². The Labute approximate surface area is 151 Å². The molecule has 0 unspecified atom stereocenters. The van der Waals surface area contributed by atoms with Gasteiger partial charge in [0.25, 0.3) is 0 Å². The molecule has 26 heavy (non-hydrogen) atoms. The standard InChI is InChI=1S/C16H13F2N3OS.CO2/c17-16(18)22-14-7-5-13(6-8-14)12-3-1-11(2-4-12)10-23-15-9-19-21-20-15;2-1-3/h1-9,16H,10H2,(H,19,20,21);. The first-order valence-electron chi connectivity index (χ1n) is 7.24. The first-order chi connectivity index (χ1) is 12.6. The Morgan fingerprint density at radius 3 is 2.12 bits per heavy atom. The van der Waals surface area contributed by atoms with E-state index < -0.39 is 6.61 Å². The molecule has 0 bridgehead atoms. The van der Waals surface area contributed by atoms with Crippen LogP contribution in [0, 0.1) is 0 Å². The first kappa shape index (κ1) is 19.3. The van der Waals surface area contributed by atoms with Gasteiger partial charge in [-0.25, -0.2) is 0 Å². The third-order valence-electron chi connectivity index (χ3n) is 3.15. The molecule has 0 saturated heterocycles. The minimum Gasteiger partial charge on any atom is -0.435 e. The van der Waals surface area contributed by atoms with Gasteiger partial charge in [-0.1, -0.05) is 48.2 Å². The van der Waals surface area contributed by atoms with Gasteiger partial charge in [-0.05, 0) is 28.8 Å². The van der Waals surface area contributed by atoms with Gasteiger partial charge in [-0.2, -0.15) is 28.7 Å². The van der Waals surface area contributed by atoms with Gasteiger partial charge in [0, 0.05) is 5.75 Å². The van der Waals surface area contributed by atoms with Crippen molar-refractivity contribution in [3.8, 4) is 16.9 Å². The van der Waals surface area contributed by atoms with E-state index in [1.54, 1.807) is 30.1 Å². The summed E-state index contributed by atoms with van der Waals surface area (Å²) < 4.78 is 28.6. The number of hydrogen-bond acceptors (Lipinski definition) is 6. The number of rotatable bonds is 6. The Morgan fingerprint density at radius 2 is 1.62 bits per heavy atom. The molecular formula is C17H13F2N3O3S.